The van der Waals surface area contributed by atoms with Crippen LogP contribution in [0.4, 0.5) is 11.4 Å². The Morgan fingerprint density at radius 3 is 0.907 bits per heavy atom. The SMILES string of the molecule is C(=Nc1ccc(Cc2ccc(N=C=C(c3ccccc3)c3ccccc3)cc2)cc1)=C(c1ccccc1)c1ccccc1. The van der Waals surface area contributed by atoms with Gasteiger partial charge in [-0.3, -0.25) is 0 Å². The molecule has 204 valence electrons. The van der Waals surface area contributed by atoms with Crippen molar-refractivity contribution in [3.63, 3.8) is 0 Å². The van der Waals surface area contributed by atoms with E-state index in [2.05, 4.69) is 94.5 Å². The van der Waals surface area contributed by atoms with Gasteiger partial charge in [-0.1, -0.05) is 146 Å². The van der Waals surface area contributed by atoms with Crippen LogP contribution in [0.2, 0.25) is 0 Å². The Kier molecular flexibility index (Phi) is 8.74. The van der Waals surface area contributed by atoms with Gasteiger partial charge in [-0.25, -0.2) is 9.98 Å². The fraction of sp³-hybridized carbons (Fsp3) is 0.0244. The Labute approximate surface area is 253 Å². The van der Waals surface area contributed by atoms with Crippen LogP contribution < -0.4 is 0 Å². The smallest absolute Gasteiger partial charge is 0.0730 e. The molecule has 0 bridgehead atoms. The predicted octanol–water partition coefficient (Wildman–Crippen LogP) is 10.1. The van der Waals surface area contributed by atoms with Gasteiger partial charge < -0.3 is 0 Å². The van der Waals surface area contributed by atoms with Crippen LogP contribution in [0, 0.1) is 0 Å². The highest BCUT2D eigenvalue weighted by Gasteiger charge is 2.05. The molecule has 0 N–H and O–H groups in total. The van der Waals surface area contributed by atoms with Gasteiger partial charge in [0.2, 0.25) is 0 Å². The topological polar surface area (TPSA) is 24.7 Å². The standard InChI is InChI=1S/C41H30N2/c1-5-13-34(14-6-1)40(35-15-7-2-8-16-35)30-42-38-25-21-32(22-26-38)29-33-23-27-39(28-24-33)43-31-41(36-17-9-3-10-18-36)37-19-11-4-12-20-37/h1-28H,29H2. The van der Waals surface area contributed by atoms with Crippen LogP contribution in [0.3, 0.4) is 0 Å². The molecule has 2 heteroatoms. The summed E-state index contributed by atoms with van der Waals surface area (Å²) in [4.78, 5) is 9.38. The lowest BCUT2D eigenvalue weighted by molar-refractivity contribution is 1.19. The van der Waals surface area contributed by atoms with Gasteiger partial charge in [0.25, 0.3) is 0 Å². The van der Waals surface area contributed by atoms with Crippen molar-refractivity contribution in [2.75, 3.05) is 0 Å². The van der Waals surface area contributed by atoms with E-state index in [0.29, 0.717) is 0 Å². The van der Waals surface area contributed by atoms with Crippen molar-refractivity contribution in [3.8, 4) is 0 Å². The first-order valence-electron chi connectivity index (χ1n) is 14.4. The molecule has 0 aliphatic rings. The van der Waals surface area contributed by atoms with E-state index in [1.165, 1.54) is 11.1 Å². The molecule has 0 atom stereocenters. The number of rotatable bonds is 8. The molecular formula is C41H30N2. The molecule has 0 amide bonds. The van der Waals surface area contributed by atoms with Crippen LogP contribution in [0.15, 0.2) is 180 Å². The maximum Gasteiger partial charge on any atom is 0.0730 e. The van der Waals surface area contributed by atoms with E-state index in [1.807, 2.05) is 97.1 Å². The molecule has 0 radical (unpaired) electrons. The zero-order chi connectivity index (χ0) is 29.1. The molecule has 0 saturated carbocycles. The lowest BCUT2D eigenvalue weighted by atomic mass is 9.99. The molecular weight excluding hydrogens is 520 g/mol. The molecule has 2 nitrogen and oxygen atoms in total. The first-order chi connectivity index (χ1) is 21.3. The lowest BCUT2D eigenvalue weighted by Gasteiger charge is -2.05. The molecule has 0 saturated heterocycles. The molecule has 0 spiro atoms. The molecule has 6 aromatic rings. The van der Waals surface area contributed by atoms with Gasteiger partial charge in [0.15, 0.2) is 0 Å². The van der Waals surface area contributed by atoms with Gasteiger partial charge in [-0.05, 0) is 75.8 Å². The Morgan fingerprint density at radius 2 is 0.628 bits per heavy atom. The Balaban J connectivity index is 1.19. The van der Waals surface area contributed by atoms with Crippen LogP contribution >= 0.6 is 0 Å². The average Bonchev–Trinajstić information content (AvgIpc) is 3.08. The Hall–Kier alpha value is -5.78. The first-order valence-corrected chi connectivity index (χ1v) is 14.4. The number of aliphatic imine (C=N–C) groups is 2. The zero-order valence-corrected chi connectivity index (χ0v) is 23.8. The van der Waals surface area contributed by atoms with Gasteiger partial charge >= 0.3 is 0 Å². The summed E-state index contributed by atoms with van der Waals surface area (Å²) < 4.78 is 0. The summed E-state index contributed by atoms with van der Waals surface area (Å²) in [6, 6.07) is 57.8. The maximum atomic E-state index is 4.69. The monoisotopic (exact) mass is 550 g/mol. The lowest BCUT2D eigenvalue weighted by Crippen LogP contribution is -1.89. The molecule has 0 aliphatic carbocycles. The summed E-state index contributed by atoms with van der Waals surface area (Å²) in [5.74, 6) is 6.62. The summed E-state index contributed by atoms with van der Waals surface area (Å²) >= 11 is 0. The third-order valence-corrected chi connectivity index (χ3v) is 7.12. The van der Waals surface area contributed by atoms with Crippen molar-refractivity contribution in [1.82, 2.24) is 0 Å². The number of nitrogens with zero attached hydrogens (tertiary/aromatic N) is 2. The summed E-state index contributed by atoms with van der Waals surface area (Å²) in [7, 11) is 0. The minimum absolute atomic E-state index is 0.832. The maximum absolute atomic E-state index is 4.69. The largest absolute Gasteiger partial charge is 0.206 e. The second-order valence-corrected chi connectivity index (χ2v) is 10.2. The minimum atomic E-state index is 0.832. The van der Waals surface area contributed by atoms with E-state index < -0.39 is 0 Å². The van der Waals surface area contributed by atoms with Crippen LogP contribution in [0.1, 0.15) is 33.4 Å². The molecule has 43 heavy (non-hydrogen) atoms. The Morgan fingerprint density at radius 1 is 0.349 bits per heavy atom. The van der Waals surface area contributed by atoms with E-state index in [4.69, 9.17) is 0 Å². The van der Waals surface area contributed by atoms with Crippen molar-refractivity contribution in [3.05, 3.63) is 203 Å². The summed E-state index contributed by atoms with van der Waals surface area (Å²) in [6.07, 6.45) is 0.832. The number of benzene rings is 6. The summed E-state index contributed by atoms with van der Waals surface area (Å²) in [6.45, 7) is 0. The van der Waals surface area contributed by atoms with Crippen molar-refractivity contribution in [2.24, 2.45) is 9.98 Å². The third kappa shape index (κ3) is 7.30. The van der Waals surface area contributed by atoms with Crippen molar-refractivity contribution in [2.45, 2.75) is 6.42 Å². The van der Waals surface area contributed by atoms with E-state index in [0.717, 1.165) is 51.2 Å². The fourth-order valence-electron chi connectivity index (χ4n) is 4.86. The highest BCUT2D eigenvalue weighted by molar-refractivity contribution is 6.00. The van der Waals surface area contributed by atoms with Gasteiger partial charge in [0.05, 0.1) is 22.5 Å². The molecule has 6 aromatic carbocycles. The van der Waals surface area contributed by atoms with Crippen molar-refractivity contribution in [1.29, 1.82) is 0 Å². The zero-order valence-electron chi connectivity index (χ0n) is 23.8. The van der Waals surface area contributed by atoms with E-state index in [-0.39, 0.29) is 0 Å². The van der Waals surface area contributed by atoms with Crippen molar-refractivity contribution >= 4 is 34.3 Å². The van der Waals surface area contributed by atoms with Crippen LogP contribution in [-0.2, 0) is 6.42 Å². The first kappa shape index (κ1) is 27.4. The predicted molar refractivity (Wildman–Crippen MR) is 181 cm³/mol. The van der Waals surface area contributed by atoms with E-state index >= 15 is 0 Å². The van der Waals surface area contributed by atoms with Crippen LogP contribution in [0.25, 0.3) is 11.1 Å². The second kappa shape index (κ2) is 13.7. The fourth-order valence-corrected chi connectivity index (χ4v) is 4.86. The van der Waals surface area contributed by atoms with Gasteiger partial charge in [0.1, 0.15) is 0 Å². The van der Waals surface area contributed by atoms with Gasteiger partial charge in [-0.2, -0.15) is 0 Å². The van der Waals surface area contributed by atoms with E-state index in [1.54, 1.807) is 0 Å². The quantitative estimate of drug-likeness (QED) is 0.168. The molecule has 0 aliphatic heterocycles. The minimum Gasteiger partial charge on any atom is -0.206 e. The van der Waals surface area contributed by atoms with Gasteiger partial charge in [-0.15, -0.1) is 0 Å². The van der Waals surface area contributed by atoms with Crippen LogP contribution in [-0.4, -0.2) is 11.7 Å². The average molecular weight is 551 g/mol. The number of hydrogen-bond acceptors (Lipinski definition) is 2. The highest BCUT2D eigenvalue weighted by atomic mass is 14.7. The van der Waals surface area contributed by atoms with E-state index in [9.17, 15) is 0 Å². The summed E-state index contributed by atoms with van der Waals surface area (Å²) in [5.41, 5.74) is 10.5. The third-order valence-electron chi connectivity index (χ3n) is 7.12. The van der Waals surface area contributed by atoms with Gasteiger partial charge in [0, 0.05) is 0 Å². The second-order valence-electron chi connectivity index (χ2n) is 10.2. The number of hydrogen-bond donors (Lipinski definition) is 0. The molecule has 0 heterocycles. The Bertz CT molecular complexity index is 1670. The molecule has 0 fully saturated rings. The highest BCUT2D eigenvalue weighted by Crippen LogP contribution is 2.24. The molecule has 0 aromatic heterocycles. The summed E-state index contributed by atoms with van der Waals surface area (Å²) in [5, 5.41) is 0. The molecule has 0 unspecified atom stereocenters. The normalized spacial score (nSPS) is 10.2. The van der Waals surface area contributed by atoms with Crippen molar-refractivity contribution < 1.29 is 0 Å². The van der Waals surface area contributed by atoms with Crippen LogP contribution in [0.5, 0.6) is 0 Å². The molecule has 6 rings (SSSR count).